The summed E-state index contributed by atoms with van der Waals surface area (Å²) in [5.74, 6) is 6.39. The number of ketones is 1. The molecular weight excluding hydrogens is 382 g/mol. The van der Waals surface area contributed by atoms with Gasteiger partial charge in [0.15, 0.2) is 0 Å². The van der Waals surface area contributed by atoms with Gasteiger partial charge in [-0.15, -0.1) is 0 Å². The molecule has 0 bridgehead atoms. The van der Waals surface area contributed by atoms with Crippen LogP contribution in [-0.2, 0) is 4.79 Å². The van der Waals surface area contributed by atoms with Crippen LogP contribution in [0.3, 0.4) is 0 Å². The molecule has 2 aliphatic heterocycles. The summed E-state index contributed by atoms with van der Waals surface area (Å²) in [4.78, 5) is 16.1. The monoisotopic (exact) mass is 427 g/mol. The molecule has 2 heterocycles. The Morgan fingerprint density at radius 3 is 2.45 bits per heavy atom. The van der Waals surface area contributed by atoms with E-state index in [2.05, 4.69) is 32.6 Å². The minimum atomic E-state index is -0.537. The smallest absolute Gasteiger partial charge is 0.136 e. The summed E-state index contributed by atoms with van der Waals surface area (Å²) in [6.45, 7) is 11.8. The molecule has 0 aromatic heterocycles. The summed E-state index contributed by atoms with van der Waals surface area (Å²) < 4.78 is 0. The van der Waals surface area contributed by atoms with Crippen molar-refractivity contribution >= 4 is 5.78 Å². The third-order valence-electron chi connectivity index (χ3n) is 12.1. The summed E-state index contributed by atoms with van der Waals surface area (Å²) >= 11 is 0. The maximum absolute atomic E-state index is 13.4. The molecule has 6 fully saturated rings. The maximum atomic E-state index is 13.4. The number of aliphatic hydroxyl groups is 1. The second-order valence-electron chi connectivity index (χ2n) is 13.7. The standard InChI is InChI=1S/C28H45NO2/c1-16-9-10-27(3)23-12-19-18(20(23)13-25(30)24(27)11-16)6-7-22-21(19)15-29-14-17(2)5-8-26(29)28(22,4)31/h16-24,26,31H,5-15H2,1-4H3/t16-,17-,18-,19+,20-,21-,22-,23-,24-,26-,27+,28-/m1/s1. The first-order valence-electron chi connectivity index (χ1n) is 13.7. The van der Waals surface area contributed by atoms with Gasteiger partial charge in [0.2, 0.25) is 0 Å². The van der Waals surface area contributed by atoms with Gasteiger partial charge in [-0.25, -0.2) is 0 Å². The van der Waals surface area contributed by atoms with Crippen molar-refractivity contribution in [2.75, 3.05) is 13.1 Å². The predicted molar refractivity (Wildman–Crippen MR) is 123 cm³/mol. The molecule has 12 atom stereocenters. The van der Waals surface area contributed by atoms with E-state index in [1.165, 1.54) is 58.0 Å². The molecule has 2 saturated heterocycles. The number of carbonyl (C=O) groups is 1. The predicted octanol–water partition coefficient (Wildman–Crippen LogP) is 5.16. The molecule has 3 nitrogen and oxygen atoms in total. The molecule has 4 saturated carbocycles. The quantitative estimate of drug-likeness (QED) is 0.580. The molecule has 0 aromatic carbocycles. The zero-order valence-electron chi connectivity index (χ0n) is 20.4. The second-order valence-corrected chi connectivity index (χ2v) is 13.7. The number of hydrogen-bond acceptors (Lipinski definition) is 3. The van der Waals surface area contributed by atoms with Crippen LogP contribution in [0.4, 0.5) is 0 Å². The zero-order valence-corrected chi connectivity index (χ0v) is 20.4. The van der Waals surface area contributed by atoms with Crippen LogP contribution in [0.1, 0.15) is 85.5 Å². The number of fused-ring (bicyclic) bond motifs is 8. The molecule has 4 aliphatic carbocycles. The minimum absolute atomic E-state index is 0.249. The number of Topliss-reactive ketones (excluding diaryl/α,β-unsaturated/α-hetero) is 1. The molecule has 0 radical (unpaired) electrons. The molecule has 0 amide bonds. The molecule has 0 spiro atoms. The fourth-order valence-electron chi connectivity index (χ4n) is 10.6. The van der Waals surface area contributed by atoms with Crippen LogP contribution in [0.15, 0.2) is 0 Å². The highest BCUT2D eigenvalue weighted by molar-refractivity contribution is 5.83. The van der Waals surface area contributed by atoms with Crippen molar-refractivity contribution in [3.05, 3.63) is 0 Å². The highest BCUT2D eigenvalue weighted by Crippen LogP contribution is 2.67. The van der Waals surface area contributed by atoms with E-state index in [0.29, 0.717) is 35.5 Å². The lowest BCUT2D eigenvalue weighted by Gasteiger charge is -2.59. The fraction of sp³-hybridized carbons (Fsp3) is 0.964. The molecule has 0 unspecified atom stereocenters. The van der Waals surface area contributed by atoms with Gasteiger partial charge in [0.25, 0.3) is 0 Å². The van der Waals surface area contributed by atoms with Crippen molar-refractivity contribution in [2.45, 2.75) is 97.1 Å². The van der Waals surface area contributed by atoms with Crippen molar-refractivity contribution in [3.8, 4) is 0 Å². The van der Waals surface area contributed by atoms with E-state index in [1.54, 1.807) is 0 Å². The maximum Gasteiger partial charge on any atom is 0.136 e. The van der Waals surface area contributed by atoms with Crippen LogP contribution < -0.4 is 0 Å². The number of carbonyl (C=O) groups excluding carboxylic acids is 1. The van der Waals surface area contributed by atoms with Gasteiger partial charge in [0.05, 0.1) is 5.60 Å². The van der Waals surface area contributed by atoms with E-state index in [9.17, 15) is 9.90 Å². The largest absolute Gasteiger partial charge is 0.388 e. The van der Waals surface area contributed by atoms with E-state index in [1.807, 2.05) is 0 Å². The van der Waals surface area contributed by atoms with Crippen molar-refractivity contribution in [1.29, 1.82) is 0 Å². The number of piperidine rings is 2. The van der Waals surface area contributed by atoms with Crippen LogP contribution in [0.5, 0.6) is 0 Å². The number of rotatable bonds is 0. The SMILES string of the molecule is C[C@@H]1CC[C@]2(C)[C@H](C1)C(=O)C[C@@H]1[C@@H]3CC[C@@H]4[C@H](CN5C[C@H](C)CC[C@@H]5[C@]4(C)O)[C@H]3C[C@H]12. The Hall–Kier alpha value is -0.410. The van der Waals surface area contributed by atoms with Gasteiger partial charge in [-0.1, -0.05) is 27.2 Å². The van der Waals surface area contributed by atoms with E-state index < -0.39 is 5.60 Å². The highest BCUT2D eigenvalue weighted by Gasteiger charge is 2.64. The Morgan fingerprint density at radius 2 is 1.65 bits per heavy atom. The molecular formula is C28H45NO2. The summed E-state index contributed by atoms with van der Waals surface area (Å²) in [7, 11) is 0. The van der Waals surface area contributed by atoms with E-state index in [-0.39, 0.29) is 5.41 Å². The van der Waals surface area contributed by atoms with Gasteiger partial charge in [0, 0.05) is 31.5 Å². The lowest BCUT2D eigenvalue weighted by atomic mass is 9.51. The van der Waals surface area contributed by atoms with Crippen molar-refractivity contribution in [2.24, 2.45) is 58.7 Å². The summed E-state index contributed by atoms with van der Waals surface area (Å²) in [6.07, 6.45) is 10.8. The van der Waals surface area contributed by atoms with E-state index in [0.717, 1.165) is 42.4 Å². The van der Waals surface area contributed by atoms with Gasteiger partial charge < -0.3 is 5.11 Å². The van der Waals surface area contributed by atoms with Crippen LogP contribution in [0.2, 0.25) is 0 Å². The normalized spacial score (nSPS) is 59.2. The summed E-state index contributed by atoms with van der Waals surface area (Å²) in [5, 5.41) is 11.8. The topological polar surface area (TPSA) is 40.5 Å². The van der Waals surface area contributed by atoms with Crippen LogP contribution in [0.25, 0.3) is 0 Å². The molecule has 6 aliphatic rings. The van der Waals surface area contributed by atoms with E-state index >= 15 is 0 Å². The molecule has 1 N–H and O–H groups in total. The average molecular weight is 428 g/mol. The Kier molecular flexibility index (Phi) is 4.81. The third-order valence-corrected chi connectivity index (χ3v) is 12.1. The Balaban J connectivity index is 1.31. The number of hydrogen-bond donors (Lipinski definition) is 1. The summed E-state index contributed by atoms with van der Waals surface area (Å²) in [5.41, 5.74) is -0.289. The van der Waals surface area contributed by atoms with Crippen LogP contribution in [-0.4, -0.2) is 40.5 Å². The number of nitrogens with zero attached hydrogens (tertiary/aromatic N) is 1. The van der Waals surface area contributed by atoms with Gasteiger partial charge in [0.1, 0.15) is 5.78 Å². The van der Waals surface area contributed by atoms with Gasteiger partial charge in [-0.2, -0.15) is 0 Å². The van der Waals surface area contributed by atoms with Crippen LogP contribution >= 0.6 is 0 Å². The zero-order chi connectivity index (χ0) is 21.7. The van der Waals surface area contributed by atoms with Gasteiger partial charge in [-0.05, 0) is 105 Å². The molecule has 31 heavy (non-hydrogen) atoms. The average Bonchev–Trinajstić information content (AvgIpc) is 3.09. The van der Waals surface area contributed by atoms with Gasteiger partial charge >= 0.3 is 0 Å². The fourth-order valence-corrected chi connectivity index (χ4v) is 10.6. The Morgan fingerprint density at radius 1 is 0.839 bits per heavy atom. The van der Waals surface area contributed by atoms with Crippen molar-refractivity contribution in [3.63, 3.8) is 0 Å². The molecule has 0 aromatic rings. The minimum Gasteiger partial charge on any atom is -0.388 e. The van der Waals surface area contributed by atoms with Gasteiger partial charge in [-0.3, -0.25) is 9.69 Å². The van der Waals surface area contributed by atoms with E-state index in [4.69, 9.17) is 0 Å². The third kappa shape index (κ3) is 2.94. The Bertz CT molecular complexity index is 747. The van der Waals surface area contributed by atoms with Crippen molar-refractivity contribution in [1.82, 2.24) is 4.90 Å². The first-order valence-corrected chi connectivity index (χ1v) is 13.7. The van der Waals surface area contributed by atoms with Crippen molar-refractivity contribution < 1.29 is 9.90 Å². The first kappa shape index (κ1) is 21.1. The molecule has 3 heteroatoms. The van der Waals surface area contributed by atoms with Crippen LogP contribution in [0, 0.1) is 58.7 Å². The first-order chi connectivity index (χ1) is 14.7. The Labute approximate surface area is 189 Å². The lowest BCUT2D eigenvalue weighted by molar-refractivity contribution is -0.175. The second kappa shape index (κ2) is 7.05. The molecule has 6 rings (SSSR count). The lowest BCUT2D eigenvalue weighted by Crippen LogP contribution is -2.67. The summed E-state index contributed by atoms with van der Waals surface area (Å²) in [6, 6.07) is 0.369. The highest BCUT2D eigenvalue weighted by atomic mass is 16.3. The molecule has 174 valence electrons.